The molecule has 2 aromatic heterocycles. The zero-order valence-corrected chi connectivity index (χ0v) is 15.9. The number of nitrogens with zero attached hydrogens (tertiary/aromatic N) is 2. The van der Waals surface area contributed by atoms with Crippen molar-refractivity contribution in [1.82, 2.24) is 15.0 Å². The van der Waals surface area contributed by atoms with Crippen LogP contribution in [0, 0.1) is 13.8 Å². The van der Waals surface area contributed by atoms with Crippen molar-refractivity contribution < 1.29 is 14.1 Å². The summed E-state index contributed by atoms with van der Waals surface area (Å²) in [5, 5.41) is 6.21. The first kappa shape index (κ1) is 17.0. The molecule has 1 N–H and O–H groups in total. The molecule has 0 bridgehead atoms. The number of benzene rings is 2. The molecule has 1 aliphatic rings. The number of hydrogen-bond acceptors (Lipinski definition) is 4. The number of aryl methyl sites for hydroxylation is 2. The topological polar surface area (TPSA) is 71.4 Å². The third kappa shape index (κ3) is 2.68. The van der Waals surface area contributed by atoms with E-state index in [2.05, 4.69) is 28.3 Å². The highest BCUT2D eigenvalue weighted by Crippen LogP contribution is 2.33. The standard InChI is InChI=1S/C22H21N3O3/c1-13-21(14(2)28-24-13)15-3-5-17-18-11-16(4-6-19(18)23-20(17)12-15)22(26)25-7-9-27-10-8-25/h3-6,11-12,23H,7-10H2,1-2H3. The molecule has 0 atom stereocenters. The van der Waals surface area contributed by atoms with Gasteiger partial charge in [-0.3, -0.25) is 4.79 Å². The average Bonchev–Trinajstić information content (AvgIpc) is 3.26. The van der Waals surface area contributed by atoms with Crippen LogP contribution in [0.15, 0.2) is 40.9 Å². The largest absolute Gasteiger partial charge is 0.378 e. The maximum atomic E-state index is 12.8. The third-order valence-electron chi connectivity index (χ3n) is 5.47. The van der Waals surface area contributed by atoms with Crippen molar-refractivity contribution in [2.45, 2.75) is 13.8 Å². The van der Waals surface area contributed by atoms with E-state index in [1.54, 1.807) is 0 Å². The Labute approximate surface area is 162 Å². The summed E-state index contributed by atoms with van der Waals surface area (Å²) in [6.45, 7) is 6.37. The van der Waals surface area contributed by atoms with Crippen LogP contribution < -0.4 is 0 Å². The third-order valence-corrected chi connectivity index (χ3v) is 5.47. The van der Waals surface area contributed by atoms with Crippen molar-refractivity contribution in [1.29, 1.82) is 0 Å². The van der Waals surface area contributed by atoms with E-state index < -0.39 is 0 Å². The van der Waals surface area contributed by atoms with Crippen LogP contribution >= 0.6 is 0 Å². The molecule has 1 amide bonds. The Balaban J connectivity index is 1.58. The van der Waals surface area contributed by atoms with Crippen LogP contribution in [0.1, 0.15) is 21.8 Å². The molecule has 0 aliphatic carbocycles. The van der Waals surface area contributed by atoms with Crippen LogP contribution in [-0.2, 0) is 4.74 Å². The van der Waals surface area contributed by atoms with E-state index >= 15 is 0 Å². The highest BCUT2D eigenvalue weighted by molar-refractivity contribution is 6.10. The second-order valence-corrected chi connectivity index (χ2v) is 7.25. The van der Waals surface area contributed by atoms with Crippen LogP contribution in [-0.4, -0.2) is 47.3 Å². The summed E-state index contributed by atoms with van der Waals surface area (Å²) in [5.41, 5.74) is 5.74. The van der Waals surface area contributed by atoms with E-state index in [0.29, 0.717) is 31.9 Å². The summed E-state index contributed by atoms with van der Waals surface area (Å²) in [4.78, 5) is 18.2. The maximum absolute atomic E-state index is 12.8. The fourth-order valence-electron chi connectivity index (χ4n) is 4.04. The first-order valence-electron chi connectivity index (χ1n) is 9.47. The highest BCUT2D eigenvalue weighted by Gasteiger charge is 2.19. The van der Waals surface area contributed by atoms with Crippen molar-refractivity contribution in [3.05, 3.63) is 53.4 Å². The van der Waals surface area contributed by atoms with E-state index in [-0.39, 0.29) is 5.91 Å². The van der Waals surface area contributed by atoms with Gasteiger partial charge in [0, 0.05) is 46.0 Å². The predicted octanol–water partition coefficient (Wildman–Crippen LogP) is 4.07. The van der Waals surface area contributed by atoms with E-state index in [9.17, 15) is 4.79 Å². The van der Waals surface area contributed by atoms with E-state index in [1.807, 2.05) is 36.9 Å². The number of hydrogen-bond donors (Lipinski definition) is 1. The second kappa shape index (κ2) is 6.49. The van der Waals surface area contributed by atoms with Gasteiger partial charge in [-0.15, -0.1) is 0 Å². The van der Waals surface area contributed by atoms with Crippen LogP contribution in [0.5, 0.6) is 0 Å². The number of fused-ring (bicyclic) bond motifs is 3. The lowest BCUT2D eigenvalue weighted by molar-refractivity contribution is 0.0303. The minimum absolute atomic E-state index is 0.0619. The van der Waals surface area contributed by atoms with Crippen LogP contribution in [0.4, 0.5) is 0 Å². The SMILES string of the molecule is Cc1noc(C)c1-c1ccc2c(c1)[nH]c1ccc(C(=O)N3CCOCC3)cc12. The lowest BCUT2D eigenvalue weighted by Crippen LogP contribution is -2.40. The normalized spacial score (nSPS) is 14.9. The zero-order chi connectivity index (χ0) is 19.3. The minimum atomic E-state index is 0.0619. The van der Waals surface area contributed by atoms with Crippen molar-refractivity contribution in [3.63, 3.8) is 0 Å². The molecule has 6 heteroatoms. The van der Waals surface area contributed by atoms with Gasteiger partial charge in [0.05, 0.1) is 18.9 Å². The quantitative estimate of drug-likeness (QED) is 0.573. The smallest absolute Gasteiger partial charge is 0.254 e. The molecule has 6 nitrogen and oxygen atoms in total. The molecule has 2 aromatic carbocycles. The van der Waals surface area contributed by atoms with Gasteiger partial charge in [0.25, 0.3) is 5.91 Å². The van der Waals surface area contributed by atoms with Gasteiger partial charge in [0.15, 0.2) is 0 Å². The van der Waals surface area contributed by atoms with E-state index in [0.717, 1.165) is 44.4 Å². The molecule has 142 valence electrons. The number of nitrogens with one attached hydrogen (secondary N) is 1. The summed E-state index contributed by atoms with van der Waals surface area (Å²) in [7, 11) is 0. The first-order chi connectivity index (χ1) is 13.6. The number of aromatic amines is 1. The van der Waals surface area contributed by atoms with Gasteiger partial charge in [0.1, 0.15) is 5.76 Å². The molecule has 0 radical (unpaired) electrons. The van der Waals surface area contributed by atoms with E-state index in [1.165, 1.54) is 0 Å². The lowest BCUT2D eigenvalue weighted by atomic mass is 10.0. The summed E-state index contributed by atoms with van der Waals surface area (Å²) in [6, 6.07) is 12.2. The fourth-order valence-corrected chi connectivity index (χ4v) is 4.04. The Morgan fingerprint density at radius 3 is 2.61 bits per heavy atom. The number of carbonyl (C=O) groups excluding carboxylic acids is 1. The van der Waals surface area contributed by atoms with Gasteiger partial charge < -0.3 is 19.1 Å². The zero-order valence-electron chi connectivity index (χ0n) is 15.9. The van der Waals surface area contributed by atoms with Crippen LogP contribution in [0.25, 0.3) is 32.9 Å². The molecule has 5 rings (SSSR count). The first-order valence-corrected chi connectivity index (χ1v) is 9.47. The molecule has 1 saturated heterocycles. The molecule has 28 heavy (non-hydrogen) atoms. The summed E-state index contributed by atoms with van der Waals surface area (Å²) < 4.78 is 10.7. The lowest BCUT2D eigenvalue weighted by Gasteiger charge is -2.26. The Kier molecular flexibility index (Phi) is 3.94. The number of H-pyrrole nitrogens is 1. The average molecular weight is 375 g/mol. The van der Waals surface area contributed by atoms with Gasteiger partial charge in [-0.25, -0.2) is 0 Å². The molecule has 1 aliphatic heterocycles. The predicted molar refractivity (Wildman–Crippen MR) is 107 cm³/mol. The van der Waals surface area contributed by atoms with Gasteiger partial charge in [0.2, 0.25) is 0 Å². The summed E-state index contributed by atoms with van der Waals surface area (Å²) in [6.07, 6.45) is 0. The number of carbonyl (C=O) groups is 1. The van der Waals surface area contributed by atoms with Gasteiger partial charge in [-0.05, 0) is 43.7 Å². The molecule has 0 saturated carbocycles. The van der Waals surface area contributed by atoms with Crippen molar-refractivity contribution >= 4 is 27.7 Å². The highest BCUT2D eigenvalue weighted by atomic mass is 16.5. The van der Waals surface area contributed by atoms with Crippen molar-refractivity contribution in [2.24, 2.45) is 0 Å². The second-order valence-electron chi connectivity index (χ2n) is 7.25. The summed E-state index contributed by atoms with van der Waals surface area (Å²) in [5.74, 6) is 0.873. The number of amides is 1. The van der Waals surface area contributed by atoms with Crippen LogP contribution in [0.3, 0.4) is 0 Å². The number of rotatable bonds is 2. The molecular weight excluding hydrogens is 354 g/mol. The fraction of sp³-hybridized carbons (Fsp3) is 0.273. The Morgan fingerprint density at radius 2 is 1.86 bits per heavy atom. The number of morpholine rings is 1. The van der Waals surface area contributed by atoms with Gasteiger partial charge in [-0.1, -0.05) is 17.3 Å². The van der Waals surface area contributed by atoms with Crippen LogP contribution in [0.2, 0.25) is 0 Å². The number of ether oxygens (including phenoxy) is 1. The minimum Gasteiger partial charge on any atom is -0.378 e. The molecule has 1 fully saturated rings. The molecule has 0 unspecified atom stereocenters. The Bertz CT molecular complexity index is 1180. The van der Waals surface area contributed by atoms with Gasteiger partial charge >= 0.3 is 0 Å². The van der Waals surface area contributed by atoms with Gasteiger partial charge in [-0.2, -0.15) is 0 Å². The Hall–Kier alpha value is -3.12. The number of aromatic nitrogens is 2. The Morgan fingerprint density at radius 1 is 1.04 bits per heavy atom. The molecular formula is C22H21N3O3. The molecule has 0 spiro atoms. The monoisotopic (exact) mass is 375 g/mol. The molecule has 4 aromatic rings. The van der Waals surface area contributed by atoms with E-state index in [4.69, 9.17) is 9.26 Å². The molecule has 3 heterocycles. The maximum Gasteiger partial charge on any atom is 0.254 e. The van der Waals surface area contributed by atoms with Crippen molar-refractivity contribution in [2.75, 3.05) is 26.3 Å². The van der Waals surface area contributed by atoms with Crippen molar-refractivity contribution in [3.8, 4) is 11.1 Å². The summed E-state index contributed by atoms with van der Waals surface area (Å²) >= 11 is 0.